The van der Waals surface area contributed by atoms with Gasteiger partial charge in [0, 0.05) is 13.1 Å². The number of nitrogens with one attached hydrogen (secondary N) is 1. The Balaban J connectivity index is 2.72. The number of hydrogen-bond donors (Lipinski definition) is 2. The van der Waals surface area contributed by atoms with Crippen molar-refractivity contribution < 1.29 is 0 Å². The summed E-state index contributed by atoms with van der Waals surface area (Å²) in [6.45, 7) is 6.04. The first-order valence-electron chi connectivity index (χ1n) is 5.88. The highest BCUT2D eigenvalue weighted by Gasteiger charge is 2.19. The molecule has 18 heavy (non-hydrogen) atoms. The number of nitrogens with two attached hydrogens (primary N) is 1. The fourth-order valence-electron chi connectivity index (χ4n) is 1.94. The van der Waals surface area contributed by atoms with Crippen LogP contribution in [0.4, 0.5) is 11.5 Å². The van der Waals surface area contributed by atoms with Crippen LogP contribution in [0, 0.1) is 16.7 Å². The summed E-state index contributed by atoms with van der Waals surface area (Å²) in [5.74, 6) is 0.596. The zero-order valence-electron chi connectivity index (χ0n) is 11.5. The Bertz CT molecular complexity index is 445. The number of nitrogen functional groups attached to an aromatic ring is 1. The van der Waals surface area contributed by atoms with E-state index in [2.05, 4.69) is 35.1 Å². The molecule has 0 unspecified atom stereocenters. The van der Waals surface area contributed by atoms with Crippen molar-refractivity contribution in [3.8, 4) is 6.07 Å². The fourth-order valence-corrected chi connectivity index (χ4v) is 1.94. The van der Waals surface area contributed by atoms with Gasteiger partial charge >= 0.3 is 0 Å². The summed E-state index contributed by atoms with van der Waals surface area (Å²) in [6.07, 6.45) is 1.56. The van der Waals surface area contributed by atoms with Gasteiger partial charge < -0.3 is 16.0 Å². The van der Waals surface area contributed by atoms with E-state index >= 15 is 0 Å². The minimum atomic E-state index is 0.0965. The van der Waals surface area contributed by atoms with E-state index in [1.807, 2.05) is 14.1 Å². The Morgan fingerprint density at radius 3 is 2.72 bits per heavy atom. The van der Waals surface area contributed by atoms with Crippen molar-refractivity contribution >= 4 is 11.5 Å². The second-order valence-electron chi connectivity index (χ2n) is 5.53. The predicted molar refractivity (Wildman–Crippen MR) is 74.2 cm³/mol. The van der Waals surface area contributed by atoms with Gasteiger partial charge in [-0.25, -0.2) is 4.98 Å². The Kier molecular flexibility index (Phi) is 4.51. The molecule has 0 bridgehead atoms. The molecule has 0 fully saturated rings. The molecule has 98 valence electrons. The maximum Gasteiger partial charge on any atom is 0.144 e. The van der Waals surface area contributed by atoms with Gasteiger partial charge in [0.15, 0.2) is 0 Å². The molecule has 0 aliphatic rings. The Hall–Kier alpha value is -1.80. The van der Waals surface area contributed by atoms with Crippen LogP contribution in [0.15, 0.2) is 12.3 Å². The summed E-state index contributed by atoms with van der Waals surface area (Å²) in [6, 6.07) is 3.73. The number of hydrogen-bond acceptors (Lipinski definition) is 5. The lowest BCUT2D eigenvalue weighted by atomic mass is 9.93. The molecule has 1 aromatic heterocycles. The maximum atomic E-state index is 9.02. The average molecular weight is 247 g/mol. The minimum Gasteiger partial charge on any atom is -0.397 e. The van der Waals surface area contributed by atoms with E-state index in [4.69, 9.17) is 11.0 Å². The van der Waals surface area contributed by atoms with E-state index < -0.39 is 0 Å². The van der Waals surface area contributed by atoms with Crippen LogP contribution in [0.25, 0.3) is 0 Å². The van der Waals surface area contributed by atoms with Crippen LogP contribution in [0.1, 0.15) is 19.4 Å². The summed E-state index contributed by atoms with van der Waals surface area (Å²) in [7, 11) is 4.09. The summed E-state index contributed by atoms with van der Waals surface area (Å²) in [5.41, 5.74) is 6.69. The van der Waals surface area contributed by atoms with Crippen LogP contribution in [-0.2, 0) is 0 Å². The molecule has 0 amide bonds. The first-order chi connectivity index (χ1) is 8.34. The van der Waals surface area contributed by atoms with Crippen molar-refractivity contribution in [2.75, 3.05) is 38.2 Å². The van der Waals surface area contributed by atoms with Crippen LogP contribution in [0.5, 0.6) is 0 Å². The molecule has 1 rings (SSSR count). The van der Waals surface area contributed by atoms with E-state index in [1.54, 1.807) is 12.3 Å². The molecule has 0 spiro atoms. The van der Waals surface area contributed by atoms with Crippen molar-refractivity contribution in [2.24, 2.45) is 5.41 Å². The monoisotopic (exact) mass is 247 g/mol. The molecule has 0 atom stereocenters. The molecule has 0 aliphatic carbocycles. The van der Waals surface area contributed by atoms with Gasteiger partial charge in [-0.2, -0.15) is 5.26 Å². The molecule has 1 aromatic rings. The highest BCUT2D eigenvalue weighted by atomic mass is 15.1. The topological polar surface area (TPSA) is 78.0 Å². The van der Waals surface area contributed by atoms with Gasteiger partial charge in [0.2, 0.25) is 0 Å². The van der Waals surface area contributed by atoms with Crippen molar-refractivity contribution in [2.45, 2.75) is 13.8 Å². The van der Waals surface area contributed by atoms with Gasteiger partial charge in [-0.1, -0.05) is 13.8 Å². The van der Waals surface area contributed by atoms with Crippen molar-refractivity contribution in [3.63, 3.8) is 0 Å². The third kappa shape index (κ3) is 4.22. The minimum absolute atomic E-state index is 0.0965. The van der Waals surface area contributed by atoms with Crippen LogP contribution in [0.3, 0.4) is 0 Å². The SMILES string of the molecule is CN(C)CC(C)(C)CNc1ncc(N)cc1C#N. The van der Waals surface area contributed by atoms with Gasteiger partial charge in [0.1, 0.15) is 11.9 Å². The summed E-state index contributed by atoms with van der Waals surface area (Å²) < 4.78 is 0. The van der Waals surface area contributed by atoms with E-state index in [0.29, 0.717) is 17.1 Å². The number of rotatable bonds is 5. The zero-order valence-corrected chi connectivity index (χ0v) is 11.5. The van der Waals surface area contributed by atoms with Crippen LogP contribution in [-0.4, -0.2) is 37.1 Å². The Labute approximate surface area is 109 Å². The largest absolute Gasteiger partial charge is 0.397 e. The van der Waals surface area contributed by atoms with E-state index in [-0.39, 0.29) is 5.41 Å². The lowest BCUT2D eigenvalue weighted by Gasteiger charge is -2.28. The Morgan fingerprint density at radius 2 is 2.17 bits per heavy atom. The molecule has 0 aliphatic heterocycles. The Morgan fingerprint density at radius 1 is 1.50 bits per heavy atom. The molecule has 1 heterocycles. The van der Waals surface area contributed by atoms with Crippen LogP contribution in [0.2, 0.25) is 0 Å². The molecular formula is C13H21N5. The highest BCUT2D eigenvalue weighted by Crippen LogP contribution is 2.19. The van der Waals surface area contributed by atoms with Gasteiger partial charge in [0.05, 0.1) is 17.4 Å². The summed E-state index contributed by atoms with van der Waals surface area (Å²) >= 11 is 0. The van der Waals surface area contributed by atoms with E-state index in [9.17, 15) is 0 Å². The standard InChI is InChI=1S/C13H21N5/c1-13(2,9-18(3)4)8-17-12-10(6-14)5-11(15)7-16-12/h5,7H,8-9,15H2,1-4H3,(H,16,17). The van der Waals surface area contributed by atoms with Gasteiger partial charge in [-0.05, 0) is 25.6 Å². The third-order valence-electron chi connectivity index (χ3n) is 2.51. The van der Waals surface area contributed by atoms with Crippen molar-refractivity contribution in [1.82, 2.24) is 9.88 Å². The summed E-state index contributed by atoms with van der Waals surface area (Å²) in [5, 5.41) is 12.2. The quantitative estimate of drug-likeness (QED) is 0.825. The number of nitriles is 1. The lowest BCUT2D eigenvalue weighted by molar-refractivity contribution is 0.254. The van der Waals surface area contributed by atoms with E-state index in [1.165, 1.54) is 0 Å². The number of pyridine rings is 1. The molecule has 0 saturated carbocycles. The predicted octanol–water partition coefficient (Wildman–Crippen LogP) is 1.54. The lowest BCUT2D eigenvalue weighted by Crippen LogP contribution is -2.34. The number of aromatic nitrogens is 1. The molecule has 0 saturated heterocycles. The second-order valence-corrected chi connectivity index (χ2v) is 5.53. The average Bonchev–Trinajstić information content (AvgIpc) is 2.25. The first kappa shape index (κ1) is 14.3. The maximum absolute atomic E-state index is 9.02. The van der Waals surface area contributed by atoms with Gasteiger partial charge in [0.25, 0.3) is 0 Å². The van der Waals surface area contributed by atoms with Crippen molar-refractivity contribution in [1.29, 1.82) is 5.26 Å². The first-order valence-corrected chi connectivity index (χ1v) is 5.88. The smallest absolute Gasteiger partial charge is 0.144 e. The summed E-state index contributed by atoms with van der Waals surface area (Å²) in [4.78, 5) is 6.30. The number of anilines is 2. The molecule has 0 radical (unpaired) electrons. The molecule has 5 heteroatoms. The molecular weight excluding hydrogens is 226 g/mol. The molecule has 0 aromatic carbocycles. The van der Waals surface area contributed by atoms with Gasteiger partial charge in [-0.15, -0.1) is 0 Å². The fraction of sp³-hybridized carbons (Fsp3) is 0.538. The normalized spacial score (nSPS) is 11.3. The van der Waals surface area contributed by atoms with Crippen molar-refractivity contribution in [3.05, 3.63) is 17.8 Å². The van der Waals surface area contributed by atoms with Crippen LogP contribution < -0.4 is 11.1 Å². The number of nitrogens with zero attached hydrogens (tertiary/aromatic N) is 3. The third-order valence-corrected chi connectivity index (χ3v) is 2.51. The second kappa shape index (κ2) is 5.69. The molecule has 5 nitrogen and oxygen atoms in total. The molecule has 3 N–H and O–H groups in total. The zero-order chi connectivity index (χ0) is 13.8. The van der Waals surface area contributed by atoms with E-state index in [0.717, 1.165) is 13.1 Å². The van der Waals surface area contributed by atoms with Crippen LogP contribution >= 0.6 is 0 Å². The highest BCUT2D eigenvalue weighted by molar-refractivity contribution is 5.57. The van der Waals surface area contributed by atoms with Gasteiger partial charge in [-0.3, -0.25) is 0 Å².